The molecule has 1 saturated heterocycles. The number of benzene rings is 1. The smallest absolute Gasteiger partial charge is 0.257 e. The molecule has 6 nitrogen and oxygen atoms in total. The SMILES string of the molecule is CCOc1ccccc1C(=O)N1CCCC(c2ncc3c(n2)CCNC3)C1. The molecule has 0 bridgehead atoms. The second-order valence-electron chi connectivity index (χ2n) is 7.15. The van der Waals surface area contributed by atoms with Gasteiger partial charge in [-0.2, -0.15) is 0 Å². The molecular weight excluding hydrogens is 340 g/mol. The predicted molar refractivity (Wildman–Crippen MR) is 103 cm³/mol. The summed E-state index contributed by atoms with van der Waals surface area (Å²) in [5.41, 5.74) is 2.99. The van der Waals surface area contributed by atoms with E-state index in [9.17, 15) is 4.79 Å². The Morgan fingerprint density at radius 2 is 2.26 bits per heavy atom. The van der Waals surface area contributed by atoms with E-state index in [1.165, 1.54) is 5.56 Å². The van der Waals surface area contributed by atoms with Crippen LogP contribution in [0.2, 0.25) is 0 Å². The van der Waals surface area contributed by atoms with Crippen LogP contribution in [0.3, 0.4) is 0 Å². The third-order valence-corrected chi connectivity index (χ3v) is 5.32. The van der Waals surface area contributed by atoms with Crippen molar-refractivity contribution in [2.24, 2.45) is 0 Å². The van der Waals surface area contributed by atoms with Gasteiger partial charge in [0, 0.05) is 56.0 Å². The number of para-hydroxylation sites is 1. The van der Waals surface area contributed by atoms with E-state index in [1.54, 1.807) is 0 Å². The van der Waals surface area contributed by atoms with Crippen molar-refractivity contribution in [1.29, 1.82) is 0 Å². The molecule has 1 amide bonds. The maximum atomic E-state index is 13.1. The van der Waals surface area contributed by atoms with Gasteiger partial charge in [0.05, 0.1) is 12.2 Å². The molecule has 1 atom stereocenters. The maximum absolute atomic E-state index is 13.1. The topological polar surface area (TPSA) is 67.3 Å². The minimum Gasteiger partial charge on any atom is -0.493 e. The largest absolute Gasteiger partial charge is 0.493 e. The van der Waals surface area contributed by atoms with E-state index in [0.717, 1.165) is 50.4 Å². The van der Waals surface area contributed by atoms with E-state index in [4.69, 9.17) is 9.72 Å². The molecule has 1 aromatic heterocycles. The van der Waals surface area contributed by atoms with Crippen LogP contribution >= 0.6 is 0 Å². The number of ether oxygens (including phenoxy) is 1. The number of rotatable bonds is 4. The Labute approximate surface area is 160 Å². The summed E-state index contributed by atoms with van der Waals surface area (Å²) in [6, 6.07) is 7.49. The number of nitrogens with zero attached hydrogens (tertiary/aromatic N) is 3. The van der Waals surface area contributed by atoms with Crippen LogP contribution in [0.25, 0.3) is 0 Å². The summed E-state index contributed by atoms with van der Waals surface area (Å²) in [5, 5.41) is 3.35. The second kappa shape index (κ2) is 8.05. The van der Waals surface area contributed by atoms with Crippen molar-refractivity contribution in [2.45, 2.75) is 38.6 Å². The zero-order valence-electron chi connectivity index (χ0n) is 15.8. The maximum Gasteiger partial charge on any atom is 0.257 e. The molecule has 1 fully saturated rings. The molecule has 1 unspecified atom stereocenters. The van der Waals surface area contributed by atoms with Crippen LogP contribution in [-0.4, -0.2) is 47.0 Å². The normalized spacial score (nSPS) is 19.4. The molecule has 2 aliphatic rings. The summed E-state index contributed by atoms with van der Waals surface area (Å²) >= 11 is 0. The van der Waals surface area contributed by atoms with E-state index in [-0.39, 0.29) is 11.8 Å². The molecule has 142 valence electrons. The number of aromatic nitrogens is 2. The molecule has 2 aromatic rings. The Balaban J connectivity index is 1.52. The van der Waals surface area contributed by atoms with Crippen LogP contribution in [0, 0.1) is 0 Å². The first kappa shape index (κ1) is 17.9. The average Bonchev–Trinajstić information content (AvgIpc) is 2.73. The number of hydrogen-bond acceptors (Lipinski definition) is 5. The van der Waals surface area contributed by atoms with Crippen molar-refractivity contribution in [1.82, 2.24) is 20.2 Å². The van der Waals surface area contributed by atoms with Gasteiger partial charge in [0.1, 0.15) is 11.6 Å². The highest BCUT2D eigenvalue weighted by Gasteiger charge is 2.29. The van der Waals surface area contributed by atoms with Crippen molar-refractivity contribution < 1.29 is 9.53 Å². The molecule has 6 heteroatoms. The summed E-state index contributed by atoms with van der Waals surface area (Å²) in [7, 11) is 0. The summed E-state index contributed by atoms with van der Waals surface area (Å²) in [5.74, 6) is 1.77. The van der Waals surface area contributed by atoms with Gasteiger partial charge in [-0.3, -0.25) is 4.79 Å². The number of piperidine rings is 1. The summed E-state index contributed by atoms with van der Waals surface area (Å²) in [4.78, 5) is 24.5. The van der Waals surface area contributed by atoms with Crippen LogP contribution in [0.15, 0.2) is 30.5 Å². The van der Waals surface area contributed by atoms with Crippen LogP contribution < -0.4 is 10.1 Å². The van der Waals surface area contributed by atoms with Crippen LogP contribution in [0.4, 0.5) is 0 Å². The number of carbonyl (C=O) groups excluding carboxylic acids is 1. The molecule has 0 aliphatic carbocycles. The second-order valence-corrected chi connectivity index (χ2v) is 7.15. The fourth-order valence-corrected chi connectivity index (χ4v) is 3.92. The Morgan fingerprint density at radius 3 is 3.15 bits per heavy atom. The zero-order valence-corrected chi connectivity index (χ0v) is 15.8. The van der Waals surface area contributed by atoms with E-state index >= 15 is 0 Å². The molecule has 1 aromatic carbocycles. The van der Waals surface area contributed by atoms with E-state index in [0.29, 0.717) is 24.5 Å². The van der Waals surface area contributed by atoms with Crippen molar-refractivity contribution in [3.8, 4) is 5.75 Å². The molecule has 0 saturated carbocycles. The molecule has 0 spiro atoms. The van der Waals surface area contributed by atoms with Gasteiger partial charge in [-0.05, 0) is 31.9 Å². The molecule has 1 N–H and O–H groups in total. The quantitative estimate of drug-likeness (QED) is 0.901. The Hall–Kier alpha value is -2.47. The lowest BCUT2D eigenvalue weighted by Crippen LogP contribution is -2.40. The first-order valence-corrected chi connectivity index (χ1v) is 9.82. The summed E-state index contributed by atoms with van der Waals surface area (Å²) in [6.45, 7) is 5.72. The number of nitrogens with one attached hydrogen (secondary N) is 1. The molecule has 3 heterocycles. The Kier molecular flexibility index (Phi) is 5.34. The third-order valence-electron chi connectivity index (χ3n) is 5.32. The van der Waals surface area contributed by atoms with Crippen molar-refractivity contribution in [2.75, 3.05) is 26.2 Å². The van der Waals surface area contributed by atoms with Gasteiger partial charge in [-0.1, -0.05) is 12.1 Å². The highest BCUT2D eigenvalue weighted by molar-refractivity contribution is 5.97. The number of fused-ring (bicyclic) bond motifs is 1. The van der Waals surface area contributed by atoms with Gasteiger partial charge < -0.3 is 15.0 Å². The standard InChI is InChI=1S/C21H26N4O2/c1-2-27-19-8-4-3-7-17(19)21(26)25-11-5-6-15(14-25)20-23-13-16-12-22-10-9-18(16)24-20/h3-4,7-8,13,15,22H,2,5-6,9-12,14H2,1H3. The minimum atomic E-state index is 0.0333. The first-order chi connectivity index (χ1) is 13.3. The fraction of sp³-hybridized carbons (Fsp3) is 0.476. The average molecular weight is 366 g/mol. The summed E-state index contributed by atoms with van der Waals surface area (Å²) in [6.07, 6.45) is 4.89. The lowest BCUT2D eigenvalue weighted by atomic mass is 9.95. The highest BCUT2D eigenvalue weighted by atomic mass is 16.5. The Bertz CT molecular complexity index is 824. The minimum absolute atomic E-state index is 0.0333. The Morgan fingerprint density at radius 1 is 1.37 bits per heavy atom. The van der Waals surface area contributed by atoms with Crippen LogP contribution in [0.1, 0.15) is 53.1 Å². The lowest BCUT2D eigenvalue weighted by molar-refractivity contribution is 0.0700. The molecule has 27 heavy (non-hydrogen) atoms. The molecule has 0 radical (unpaired) electrons. The van der Waals surface area contributed by atoms with Crippen molar-refractivity contribution in [3.63, 3.8) is 0 Å². The lowest BCUT2D eigenvalue weighted by Gasteiger charge is -2.32. The van der Waals surface area contributed by atoms with Gasteiger partial charge in [-0.15, -0.1) is 0 Å². The zero-order chi connectivity index (χ0) is 18.6. The van der Waals surface area contributed by atoms with Crippen molar-refractivity contribution in [3.05, 3.63) is 53.1 Å². The van der Waals surface area contributed by atoms with E-state index in [1.807, 2.05) is 42.3 Å². The predicted octanol–water partition coefficient (Wildman–Crippen LogP) is 2.54. The molecular formula is C21H26N4O2. The number of amides is 1. The van der Waals surface area contributed by atoms with Gasteiger partial charge in [-0.25, -0.2) is 9.97 Å². The van der Waals surface area contributed by atoms with Gasteiger partial charge in [0.2, 0.25) is 0 Å². The van der Waals surface area contributed by atoms with Gasteiger partial charge in [0.15, 0.2) is 0 Å². The number of hydrogen-bond donors (Lipinski definition) is 1. The number of likely N-dealkylation sites (tertiary alicyclic amines) is 1. The van der Waals surface area contributed by atoms with Crippen molar-refractivity contribution >= 4 is 5.91 Å². The molecule has 2 aliphatic heterocycles. The molecule has 4 rings (SSSR count). The monoisotopic (exact) mass is 366 g/mol. The van der Waals surface area contributed by atoms with Crippen LogP contribution in [0.5, 0.6) is 5.75 Å². The summed E-state index contributed by atoms with van der Waals surface area (Å²) < 4.78 is 5.64. The third kappa shape index (κ3) is 3.81. The van der Waals surface area contributed by atoms with E-state index < -0.39 is 0 Å². The highest BCUT2D eigenvalue weighted by Crippen LogP contribution is 2.28. The van der Waals surface area contributed by atoms with Gasteiger partial charge in [0.25, 0.3) is 5.91 Å². The van der Waals surface area contributed by atoms with Crippen LogP contribution in [-0.2, 0) is 13.0 Å². The fourth-order valence-electron chi connectivity index (χ4n) is 3.92. The number of carbonyl (C=O) groups is 1. The first-order valence-electron chi connectivity index (χ1n) is 9.82. The van der Waals surface area contributed by atoms with E-state index in [2.05, 4.69) is 10.3 Å². The van der Waals surface area contributed by atoms with Gasteiger partial charge >= 0.3 is 0 Å².